The number of carbonyl (C=O) groups is 6. The molecule has 0 radical (unpaired) electrons. The number of aliphatic hydroxyl groups excluding tert-OH is 1. The monoisotopic (exact) mass is 538 g/mol. The summed E-state index contributed by atoms with van der Waals surface area (Å²) < 4.78 is 0. The summed E-state index contributed by atoms with van der Waals surface area (Å²) in [7, 11) is 0. The number of carbonyl (C=O) groups excluding carboxylic acids is 5. The number of primary amides is 2. The van der Waals surface area contributed by atoms with E-state index < -0.39 is 65.8 Å². The van der Waals surface area contributed by atoms with E-state index in [2.05, 4.69) is 16.0 Å². The van der Waals surface area contributed by atoms with Crippen LogP contribution in [0.2, 0.25) is 0 Å². The Morgan fingerprint density at radius 2 is 1.21 bits per heavy atom. The highest BCUT2D eigenvalue weighted by atomic mass is 16.4. The summed E-state index contributed by atoms with van der Waals surface area (Å²) in [5.74, 6) is -5.81. The quantitative estimate of drug-likeness (QED) is 0.101. The molecule has 1 aromatic carbocycles. The third-order valence-corrected chi connectivity index (χ3v) is 5.44. The predicted molar refractivity (Wildman–Crippen MR) is 132 cm³/mol. The maximum absolute atomic E-state index is 13.0. The van der Waals surface area contributed by atoms with Crippen molar-refractivity contribution in [1.82, 2.24) is 16.0 Å². The summed E-state index contributed by atoms with van der Waals surface area (Å²) in [5.41, 5.74) is 16.4. The lowest BCUT2D eigenvalue weighted by atomic mass is 10.0. The molecule has 0 aliphatic carbocycles. The van der Waals surface area contributed by atoms with Gasteiger partial charge in [0.25, 0.3) is 0 Å². The fraction of sp³-hybridized carbons (Fsp3) is 0.478. The number of rotatable bonds is 16. The molecule has 0 spiro atoms. The zero-order valence-electron chi connectivity index (χ0n) is 20.8. The molecule has 5 atom stereocenters. The Morgan fingerprint density at radius 1 is 0.789 bits per heavy atom. The number of benzene rings is 1. The van der Waals surface area contributed by atoms with Crippen molar-refractivity contribution in [2.75, 3.05) is 0 Å². The van der Waals surface area contributed by atoms with Crippen molar-refractivity contribution in [3.05, 3.63) is 29.8 Å². The molecule has 0 heterocycles. The number of amides is 5. The van der Waals surface area contributed by atoms with Gasteiger partial charge in [0, 0.05) is 19.3 Å². The number of hydrogen-bond donors (Lipinski definition) is 9. The zero-order chi connectivity index (χ0) is 29.0. The standard InChI is InChI=1S/C23H34N6O9/c1-11(30)19(26)22(36)28-15(7-9-18(25)33)20(34)27-14(6-8-17(24)32)21(35)29-16(23(37)38)10-12-2-4-13(31)5-3-12/h2-5,11,14-16,19,30-31H,6-10,26H2,1H3,(H2,24,32)(H2,25,33)(H,27,34)(H,28,36)(H,29,35)(H,37,38). The van der Waals surface area contributed by atoms with Crippen molar-refractivity contribution in [1.29, 1.82) is 0 Å². The average molecular weight is 539 g/mol. The minimum Gasteiger partial charge on any atom is -0.508 e. The van der Waals surface area contributed by atoms with E-state index in [4.69, 9.17) is 17.2 Å². The second-order valence-corrected chi connectivity index (χ2v) is 8.67. The van der Waals surface area contributed by atoms with Crippen molar-refractivity contribution in [2.45, 2.75) is 69.3 Å². The number of phenols is 1. The number of nitrogens with two attached hydrogens (primary N) is 3. The van der Waals surface area contributed by atoms with E-state index in [1.807, 2.05) is 0 Å². The van der Waals surface area contributed by atoms with Crippen LogP contribution in [0.1, 0.15) is 38.2 Å². The van der Waals surface area contributed by atoms with Crippen LogP contribution >= 0.6 is 0 Å². The average Bonchev–Trinajstić information content (AvgIpc) is 2.83. The summed E-state index contributed by atoms with van der Waals surface area (Å²) >= 11 is 0. The van der Waals surface area contributed by atoms with Crippen molar-refractivity contribution < 1.29 is 44.1 Å². The molecule has 1 rings (SSSR count). The van der Waals surface area contributed by atoms with E-state index in [1.165, 1.54) is 31.2 Å². The third kappa shape index (κ3) is 11.2. The molecule has 5 unspecified atom stereocenters. The van der Waals surface area contributed by atoms with Gasteiger partial charge in [0.2, 0.25) is 29.5 Å². The first-order valence-electron chi connectivity index (χ1n) is 11.6. The van der Waals surface area contributed by atoms with Gasteiger partial charge in [-0.05, 0) is 37.5 Å². The van der Waals surface area contributed by atoms with Gasteiger partial charge in [-0.1, -0.05) is 12.1 Å². The van der Waals surface area contributed by atoms with Crippen molar-refractivity contribution in [3.63, 3.8) is 0 Å². The largest absolute Gasteiger partial charge is 0.508 e. The summed E-state index contributed by atoms with van der Waals surface area (Å²) in [6, 6.07) is -0.0719. The SMILES string of the molecule is CC(O)C(N)C(=O)NC(CCC(N)=O)C(=O)NC(CCC(N)=O)C(=O)NC(Cc1ccc(O)cc1)C(=O)O. The molecule has 0 saturated heterocycles. The van der Waals surface area contributed by atoms with Gasteiger partial charge in [0.15, 0.2) is 0 Å². The summed E-state index contributed by atoms with van der Waals surface area (Å²) in [4.78, 5) is 72.5. The minimum absolute atomic E-state index is 0.0359. The third-order valence-electron chi connectivity index (χ3n) is 5.44. The zero-order valence-corrected chi connectivity index (χ0v) is 20.8. The Morgan fingerprint density at radius 3 is 1.61 bits per heavy atom. The summed E-state index contributed by atoms with van der Waals surface area (Å²) in [6.07, 6.45) is -2.67. The number of phenolic OH excluding ortho intramolecular Hbond substituents is 1. The van der Waals surface area contributed by atoms with Crippen LogP contribution in [-0.2, 0) is 35.2 Å². The highest BCUT2D eigenvalue weighted by Crippen LogP contribution is 2.12. The lowest BCUT2D eigenvalue weighted by molar-refractivity contribution is -0.142. The molecular weight excluding hydrogens is 504 g/mol. The van der Waals surface area contributed by atoms with Gasteiger partial charge in [-0.15, -0.1) is 0 Å². The normalized spacial score (nSPS) is 14.7. The van der Waals surface area contributed by atoms with E-state index in [-0.39, 0.29) is 37.9 Å². The Kier molecular flexibility index (Phi) is 12.6. The molecule has 0 aliphatic heterocycles. The molecule has 15 nitrogen and oxygen atoms in total. The van der Waals surface area contributed by atoms with Gasteiger partial charge in [-0.3, -0.25) is 24.0 Å². The Hall–Kier alpha value is -4.24. The van der Waals surface area contributed by atoms with Crippen LogP contribution in [-0.4, -0.2) is 81.1 Å². The first-order valence-corrected chi connectivity index (χ1v) is 11.6. The lowest BCUT2D eigenvalue weighted by Gasteiger charge is -2.25. The maximum atomic E-state index is 13.0. The van der Waals surface area contributed by atoms with Crippen molar-refractivity contribution in [3.8, 4) is 5.75 Å². The lowest BCUT2D eigenvalue weighted by Crippen LogP contribution is -2.58. The van der Waals surface area contributed by atoms with Crippen LogP contribution in [0, 0.1) is 0 Å². The van der Waals surface area contributed by atoms with Gasteiger partial charge in [-0.2, -0.15) is 0 Å². The van der Waals surface area contributed by atoms with E-state index in [0.29, 0.717) is 5.56 Å². The van der Waals surface area contributed by atoms with E-state index >= 15 is 0 Å². The van der Waals surface area contributed by atoms with Gasteiger partial charge in [0.05, 0.1) is 6.10 Å². The molecular formula is C23H34N6O9. The number of aliphatic carboxylic acids is 1. The van der Waals surface area contributed by atoms with Crippen LogP contribution < -0.4 is 33.2 Å². The highest BCUT2D eigenvalue weighted by molar-refractivity contribution is 5.94. The second-order valence-electron chi connectivity index (χ2n) is 8.67. The molecule has 5 amide bonds. The van der Waals surface area contributed by atoms with Crippen LogP contribution in [0.25, 0.3) is 0 Å². The molecule has 15 heteroatoms. The van der Waals surface area contributed by atoms with E-state index in [1.54, 1.807) is 0 Å². The first-order chi connectivity index (χ1) is 17.7. The highest BCUT2D eigenvalue weighted by Gasteiger charge is 2.31. The molecule has 210 valence electrons. The fourth-order valence-corrected chi connectivity index (χ4v) is 3.21. The molecule has 0 fully saturated rings. The van der Waals surface area contributed by atoms with E-state index in [9.17, 15) is 44.1 Å². The van der Waals surface area contributed by atoms with Crippen LogP contribution in [0.5, 0.6) is 5.75 Å². The number of nitrogens with one attached hydrogen (secondary N) is 3. The number of aromatic hydroxyl groups is 1. The van der Waals surface area contributed by atoms with Crippen molar-refractivity contribution >= 4 is 35.5 Å². The molecule has 1 aromatic rings. The Balaban J connectivity index is 3.08. The van der Waals surface area contributed by atoms with Crippen molar-refractivity contribution in [2.24, 2.45) is 17.2 Å². The Bertz CT molecular complexity index is 1020. The van der Waals surface area contributed by atoms with Gasteiger partial charge >= 0.3 is 5.97 Å². The van der Waals surface area contributed by atoms with E-state index in [0.717, 1.165) is 0 Å². The second kappa shape index (κ2) is 15.1. The van der Waals surface area contributed by atoms with Gasteiger partial charge < -0.3 is 48.5 Å². The molecule has 38 heavy (non-hydrogen) atoms. The molecule has 0 aliphatic rings. The molecule has 0 saturated carbocycles. The number of carboxylic acids is 1. The van der Waals surface area contributed by atoms with Crippen LogP contribution in [0.4, 0.5) is 0 Å². The summed E-state index contributed by atoms with van der Waals surface area (Å²) in [5, 5.41) is 35.4. The molecule has 0 aromatic heterocycles. The smallest absolute Gasteiger partial charge is 0.326 e. The van der Waals surface area contributed by atoms with Crippen LogP contribution in [0.3, 0.4) is 0 Å². The number of aliphatic hydroxyl groups is 1. The maximum Gasteiger partial charge on any atom is 0.326 e. The minimum atomic E-state index is -1.45. The predicted octanol–water partition coefficient (Wildman–Crippen LogP) is -3.29. The Labute approximate surface area is 218 Å². The topological polar surface area (TPSA) is 277 Å². The number of carboxylic acid groups (broad SMARTS) is 1. The fourth-order valence-electron chi connectivity index (χ4n) is 3.21. The summed E-state index contributed by atoms with van der Waals surface area (Å²) in [6.45, 7) is 1.25. The number of hydrogen-bond acceptors (Lipinski definition) is 9. The van der Waals surface area contributed by atoms with Crippen LogP contribution in [0.15, 0.2) is 24.3 Å². The molecule has 0 bridgehead atoms. The first kappa shape index (κ1) is 31.8. The van der Waals surface area contributed by atoms with Gasteiger partial charge in [0.1, 0.15) is 29.9 Å². The molecule has 12 N–H and O–H groups in total. The van der Waals surface area contributed by atoms with Gasteiger partial charge in [-0.25, -0.2) is 4.79 Å².